The van der Waals surface area contributed by atoms with E-state index in [1.54, 1.807) is 25.1 Å². The number of hydrogen-bond acceptors (Lipinski definition) is 7. The number of benzene rings is 2. The minimum atomic E-state index is -1.05. The molecule has 0 atom stereocenters. The fourth-order valence-electron chi connectivity index (χ4n) is 2.73. The number of nitro groups is 1. The third-order valence-electron chi connectivity index (χ3n) is 4.12. The molecule has 0 bridgehead atoms. The van der Waals surface area contributed by atoms with Crippen molar-refractivity contribution in [3.63, 3.8) is 0 Å². The van der Waals surface area contributed by atoms with Crippen LogP contribution in [0.4, 0.5) is 15.8 Å². The van der Waals surface area contributed by atoms with Crippen LogP contribution in [0.1, 0.15) is 17.4 Å². The zero-order valence-corrected chi connectivity index (χ0v) is 15.6. The zero-order chi connectivity index (χ0) is 21.8. The summed E-state index contributed by atoms with van der Waals surface area (Å²) in [5.74, 6) is -2.76. The first-order chi connectivity index (χ1) is 14.3. The Hall–Kier alpha value is -4.15. The van der Waals surface area contributed by atoms with Gasteiger partial charge in [-0.25, -0.2) is 9.48 Å². The maximum atomic E-state index is 13.4. The Morgan fingerprint density at radius 3 is 2.60 bits per heavy atom. The monoisotopic (exact) mass is 414 g/mol. The molecule has 0 aliphatic carbocycles. The van der Waals surface area contributed by atoms with E-state index >= 15 is 0 Å². The number of esters is 1. The van der Waals surface area contributed by atoms with Crippen LogP contribution in [0.3, 0.4) is 0 Å². The van der Waals surface area contributed by atoms with E-state index in [9.17, 15) is 28.9 Å². The normalized spacial score (nSPS) is 10.6. The van der Waals surface area contributed by atoms with Crippen molar-refractivity contribution in [2.45, 2.75) is 13.5 Å². The van der Waals surface area contributed by atoms with Crippen LogP contribution in [-0.4, -0.2) is 33.2 Å². The highest BCUT2D eigenvalue weighted by Gasteiger charge is 2.19. The second-order valence-electron chi connectivity index (χ2n) is 6.06. The molecule has 0 spiro atoms. The lowest BCUT2D eigenvalue weighted by Gasteiger charge is -2.10. The van der Waals surface area contributed by atoms with Gasteiger partial charge in [-0.05, 0) is 25.1 Å². The number of nitrogens with one attached hydrogen (secondary N) is 1. The summed E-state index contributed by atoms with van der Waals surface area (Å²) in [5, 5.41) is 17.6. The van der Waals surface area contributed by atoms with Crippen LogP contribution in [0.2, 0.25) is 0 Å². The van der Waals surface area contributed by atoms with E-state index < -0.39 is 34.9 Å². The molecule has 2 aromatic carbocycles. The smallest absolute Gasteiger partial charge is 0.359 e. The molecule has 30 heavy (non-hydrogen) atoms. The Morgan fingerprint density at radius 1 is 1.23 bits per heavy atom. The third-order valence-corrected chi connectivity index (χ3v) is 4.12. The van der Waals surface area contributed by atoms with E-state index in [-0.39, 0.29) is 34.3 Å². The molecule has 0 saturated heterocycles. The number of nitro benzene ring substituents is 1. The fraction of sp³-hybridized carbons (Fsp3) is 0.158. The van der Waals surface area contributed by atoms with Crippen LogP contribution >= 0.6 is 0 Å². The van der Waals surface area contributed by atoms with Gasteiger partial charge in [0.1, 0.15) is 0 Å². The summed E-state index contributed by atoms with van der Waals surface area (Å²) in [4.78, 5) is 46.6. The standard InChI is InChI=1S/C19H15FN4O6/c1-2-23-18(26)13-6-4-3-5-12(13)17(22-23)19(27)30-10-16(25)21-11-7-8-14(20)15(9-11)24(28)29/h3-9H,2,10H2,1H3,(H,21,25). The first kappa shape index (κ1) is 20.6. The van der Waals surface area contributed by atoms with Crippen LogP contribution in [0.5, 0.6) is 0 Å². The molecule has 1 aromatic heterocycles. The number of nitrogens with zero attached hydrogens (tertiary/aromatic N) is 3. The molecule has 1 N–H and O–H groups in total. The second-order valence-corrected chi connectivity index (χ2v) is 6.06. The lowest BCUT2D eigenvalue weighted by molar-refractivity contribution is -0.387. The van der Waals surface area contributed by atoms with Gasteiger partial charge in [-0.1, -0.05) is 18.2 Å². The van der Waals surface area contributed by atoms with Gasteiger partial charge in [0.25, 0.3) is 11.5 Å². The van der Waals surface area contributed by atoms with Crippen LogP contribution in [0.25, 0.3) is 10.8 Å². The predicted octanol–water partition coefficient (Wildman–Crippen LogP) is 2.26. The van der Waals surface area contributed by atoms with Gasteiger partial charge in [0, 0.05) is 23.7 Å². The highest BCUT2D eigenvalue weighted by molar-refractivity contribution is 6.03. The number of ether oxygens (including phenoxy) is 1. The van der Waals surface area contributed by atoms with Gasteiger partial charge in [0.05, 0.1) is 10.3 Å². The highest BCUT2D eigenvalue weighted by Crippen LogP contribution is 2.21. The summed E-state index contributed by atoms with van der Waals surface area (Å²) in [6.45, 7) is 1.20. The molecule has 0 unspecified atom stereocenters. The Kier molecular flexibility index (Phi) is 5.81. The number of carbonyl (C=O) groups is 2. The summed E-state index contributed by atoms with van der Waals surface area (Å²) in [6.07, 6.45) is 0. The van der Waals surface area contributed by atoms with Crippen molar-refractivity contribution < 1.29 is 23.6 Å². The first-order valence-corrected chi connectivity index (χ1v) is 8.72. The summed E-state index contributed by atoms with van der Waals surface area (Å²) < 4.78 is 19.4. The Labute approximate surface area is 168 Å². The number of fused-ring (bicyclic) bond motifs is 1. The maximum absolute atomic E-state index is 13.4. The van der Waals surface area contributed by atoms with Crippen molar-refractivity contribution >= 4 is 34.0 Å². The molecular formula is C19H15FN4O6. The number of amides is 1. The summed E-state index contributed by atoms with van der Waals surface area (Å²) in [7, 11) is 0. The molecule has 3 aromatic rings. The molecule has 0 fully saturated rings. The quantitative estimate of drug-likeness (QED) is 0.371. The van der Waals surface area contributed by atoms with Crippen molar-refractivity contribution in [1.29, 1.82) is 0 Å². The van der Waals surface area contributed by atoms with E-state index in [0.29, 0.717) is 0 Å². The molecule has 154 valence electrons. The SMILES string of the molecule is CCn1nc(C(=O)OCC(=O)Nc2ccc(F)c([N+](=O)[O-])c2)c2ccccc2c1=O. The van der Waals surface area contributed by atoms with Crippen LogP contribution < -0.4 is 10.9 Å². The Bertz CT molecular complexity index is 1220. The van der Waals surface area contributed by atoms with Gasteiger partial charge in [0.15, 0.2) is 12.3 Å². The molecule has 1 heterocycles. The summed E-state index contributed by atoms with van der Waals surface area (Å²) in [6, 6.07) is 9.19. The fourth-order valence-corrected chi connectivity index (χ4v) is 2.73. The van der Waals surface area contributed by atoms with Gasteiger partial charge in [-0.2, -0.15) is 9.49 Å². The third kappa shape index (κ3) is 4.14. The molecule has 10 nitrogen and oxygen atoms in total. The number of hydrogen-bond donors (Lipinski definition) is 1. The Morgan fingerprint density at radius 2 is 1.93 bits per heavy atom. The minimum Gasteiger partial charge on any atom is -0.451 e. The molecule has 3 rings (SSSR count). The van der Waals surface area contributed by atoms with Crippen molar-refractivity contribution in [2.24, 2.45) is 0 Å². The number of aromatic nitrogens is 2. The van der Waals surface area contributed by atoms with Gasteiger partial charge >= 0.3 is 11.7 Å². The lowest BCUT2D eigenvalue weighted by Crippen LogP contribution is -2.27. The number of rotatable bonds is 6. The van der Waals surface area contributed by atoms with Gasteiger partial charge in [-0.15, -0.1) is 0 Å². The largest absolute Gasteiger partial charge is 0.451 e. The number of halogens is 1. The molecule has 0 aliphatic rings. The Balaban J connectivity index is 1.76. The molecule has 0 radical (unpaired) electrons. The molecular weight excluding hydrogens is 399 g/mol. The maximum Gasteiger partial charge on any atom is 0.359 e. The van der Waals surface area contributed by atoms with E-state index in [1.165, 1.54) is 6.07 Å². The van der Waals surface area contributed by atoms with Gasteiger partial charge in [-0.3, -0.25) is 19.7 Å². The topological polar surface area (TPSA) is 133 Å². The highest BCUT2D eigenvalue weighted by atomic mass is 19.1. The minimum absolute atomic E-state index is 0.0349. The van der Waals surface area contributed by atoms with E-state index in [4.69, 9.17) is 4.74 Å². The van der Waals surface area contributed by atoms with Crippen molar-refractivity contribution in [3.8, 4) is 0 Å². The van der Waals surface area contributed by atoms with E-state index in [1.807, 2.05) is 0 Å². The van der Waals surface area contributed by atoms with Crippen molar-refractivity contribution in [2.75, 3.05) is 11.9 Å². The van der Waals surface area contributed by atoms with E-state index in [2.05, 4.69) is 10.4 Å². The molecule has 11 heteroatoms. The molecule has 0 aliphatic heterocycles. The number of aryl methyl sites for hydroxylation is 1. The van der Waals surface area contributed by atoms with Gasteiger partial charge in [0.2, 0.25) is 5.82 Å². The lowest BCUT2D eigenvalue weighted by atomic mass is 10.1. The average Bonchev–Trinajstić information content (AvgIpc) is 2.73. The van der Waals surface area contributed by atoms with Crippen LogP contribution in [0.15, 0.2) is 47.3 Å². The van der Waals surface area contributed by atoms with Crippen LogP contribution in [0, 0.1) is 15.9 Å². The number of carbonyl (C=O) groups excluding carboxylic acids is 2. The second kappa shape index (κ2) is 8.47. The average molecular weight is 414 g/mol. The predicted molar refractivity (Wildman–Crippen MR) is 104 cm³/mol. The van der Waals surface area contributed by atoms with Crippen molar-refractivity contribution in [1.82, 2.24) is 9.78 Å². The first-order valence-electron chi connectivity index (χ1n) is 8.72. The van der Waals surface area contributed by atoms with Crippen molar-refractivity contribution in [3.05, 3.63) is 74.4 Å². The summed E-state index contributed by atoms with van der Waals surface area (Å²) in [5.41, 5.74) is -1.33. The van der Waals surface area contributed by atoms with Crippen LogP contribution in [-0.2, 0) is 16.1 Å². The number of anilines is 1. The molecule has 0 saturated carbocycles. The zero-order valence-electron chi connectivity index (χ0n) is 15.6. The summed E-state index contributed by atoms with van der Waals surface area (Å²) >= 11 is 0. The van der Waals surface area contributed by atoms with Gasteiger partial charge < -0.3 is 10.1 Å². The van der Waals surface area contributed by atoms with E-state index in [0.717, 1.165) is 22.9 Å². The molecule has 1 amide bonds.